The molecule has 2 amide bonds. The number of β-amino-alcohol motifs (C(OH)–C–C–N with tert-alkyl or cyclic N) is 1. The molecule has 0 saturated carbocycles. The molecule has 8 nitrogen and oxygen atoms in total. The van der Waals surface area contributed by atoms with Crippen molar-refractivity contribution in [2.45, 2.75) is 58.8 Å². The van der Waals surface area contributed by atoms with Crippen molar-refractivity contribution in [1.29, 1.82) is 0 Å². The Bertz CT molecular complexity index is 1030. The van der Waals surface area contributed by atoms with Crippen LogP contribution in [0.1, 0.15) is 38.4 Å². The fourth-order valence-electron chi connectivity index (χ4n) is 4.08. The molecule has 2 aromatic rings. The number of halogens is 1. The second-order valence-electron chi connectivity index (χ2n) is 9.61. The third kappa shape index (κ3) is 6.61. The SMILES string of the molecule is Cc1ncsc1-c1ccc(CNC(=O)[C@@H]2C[C@@H](O)CN2C(=O)[C@@H](NCC(=O)I)C(C)(C)C)cc1. The second kappa shape index (κ2) is 11.2. The van der Waals surface area contributed by atoms with E-state index in [0.29, 0.717) is 6.54 Å². The zero-order valence-electron chi connectivity index (χ0n) is 19.8. The van der Waals surface area contributed by atoms with E-state index in [1.165, 1.54) is 4.90 Å². The molecule has 1 fully saturated rings. The number of aliphatic hydroxyl groups is 1. The summed E-state index contributed by atoms with van der Waals surface area (Å²) >= 11 is 3.27. The standard InChI is InChI=1S/C24H31IN4O4S/c1-14-20(34-13-28-14)16-7-5-15(6-8-16)10-27-22(32)18-9-17(30)12-29(18)23(33)21(24(2,3)4)26-11-19(25)31/h5-8,13,17-18,21,26,30H,9-12H2,1-4H3,(H,27,32)/t17-,18+,21-/m1/s1. The number of thiazole rings is 1. The molecule has 1 aliphatic heterocycles. The minimum atomic E-state index is -0.770. The summed E-state index contributed by atoms with van der Waals surface area (Å²) in [4.78, 5) is 44.7. The van der Waals surface area contributed by atoms with E-state index >= 15 is 0 Å². The molecule has 2 heterocycles. The van der Waals surface area contributed by atoms with Gasteiger partial charge in [-0.3, -0.25) is 19.7 Å². The molecule has 0 aliphatic carbocycles. The summed E-state index contributed by atoms with van der Waals surface area (Å²) in [7, 11) is 0. The molecule has 3 N–H and O–H groups in total. The lowest BCUT2D eigenvalue weighted by Crippen LogP contribution is -2.57. The number of hydrogen-bond acceptors (Lipinski definition) is 7. The van der Waals surface area contributed by atoms with Gasteiger partial charge >= 0.3 is 0 Å². The van der Waals surface area contributed by atoms with Crippen molar-refractivity contribution in [3.05, 3.63) is 41.0 Å². The summed E-state index contributed by atoms with van der Waals surface area (Å²) in [6.45, 7) is 8.14. The predicted molar refractivity (Wildman–Crippen MR) is 141 cm³/mol. The molecule has 0 radical (unpaired) electrons. The zero-order valence-corrected chi connectivity index (χ0v) is 22.8. The van der Waals surface area contributed by atoms with Crippen molar-refractivity contribution < 1.29 is 19.5 Å². The maximum Gasteiger partial charge on any atom is 0.243 e. The molecule has 1 aliphatic rings. The molecule has 0 unspecified atom stereocenters. The van der Waals surface area contributed by atoms with Crippen LogP contribution in [0.2, 0.25) is 0 Å². The molecule has 34 heavy (non-hydrogen) atoms. The molecular weight excluding hydrogens is 567 g/mol. The number of aryl methyl sites for hydroxylation is 1. The molecule has 1 aromatic heterocycles. The molecule has 184 valence electrons. The van der Waals surface area contributed by atoms with Crippen molar-refractivity contribution in [1.82, 2.24) is 20.5 Å². The van der Waals surface area contributed by atoms with E-state index < -0.39 is 23.6 Å². The number of benzene rings is 1. The first kappa shape index (κ1) is 26.7. The van der Waals surface area contributed by atoms with E-state index in [1.54, 1.807) is 33.9 Å². The lowest BCUT2D eigenvalue weighted by Gasteiger charge is -2.35. The highest BCUT2D eigenvalue weighted by Gasteiger charge is 2.43. The van der Waals surface area contributed by atoms with Crippen molar-refractivity contribution >= 4 is 49.5 Å². The Morgan fingerprint density at radius 1 is 1.26 bits per heavy atom. The minimum absolute atomic E-state index is 0.0541. The maximum atomic E-state index is 13.4. The third-order valence-corrected chi connectivity index (χ3v) is 7.21. The molecular formula is C24H31IN4O4S. The topological polar surface area (TPSA) is 112 Å². The van der Waals surface area contributed by atoms with Gasteiger partial charge in [0, 0.05) is 42.1 Å². The number of amides is 2. The summed E-state index contributed by atoms with van der Waals surface area (Å²) < 4.78 is -0.105. The van der Waals surface area contributed by atoms with Crippen molar-refractivity contribution in [2.24, 2.45) is 5.41 Å². The number of nitrogens with zero attached hydrogens (tertiary/aromatic N) is 2. The van der Waals surface area contributed by atoms with Crippen LogP contribution >= 0.6 is 33.9 Å². The van der Waals surface area contributed by atoms with Crippen LogP contribution in [-0.4, -0.2) is 61.9 Å². The van der Waals surface area contributed by atoms with Crippen LogP contribution in [0.5, 0.6) is 0 Å². The van der Waals surface area contributed by atoms with Gasteiger partial charge in [-0.25, -0.2) is 4.98 Å². The lowest BCUT2D eigenvalue weighted by atomic mass is 9.85. The molecule has 1 saturated heterocycles. The van der Waals surface area contributed by atoms with Crippen molar-refractivity contribution in [3.63, 3.8) is 0 Å². The van der Waals surface area contributed by atoms with Gasteiger partial charge in [0.05, 0.1) is 34.8 Å². The Kier molecular flexibility index (Phi) is 8.82. The molecule has 10 heteroatoms. The monoisotopic (exact) mass is 598 g/mol. The number of nitrogens with one attached hydrogen (secondary N) is 2. The average molecular weight is 599 g/mol. The van der Waals surface area contributed by atoms with Gasteiger partial charge in [-0.15, -0.1) is 11.3 Å². The van der Waals surface area contributed by atoms with Crippen LogP contribution in [0.15, 0.2) is 29.8 Å². The Morgan fingerprint density at radius 3 is 2.50 bits per heavy atom. The van der Waals surface area contributed by atoms with Gasteiger partial charge in [0.1, 0.15) is 6.04 Å². The van der Waals surface area contributed by atoms with Crippen LogP contribution in [0, 0.1) is 12.3 Å². The molecule has 0 bridgehead atoms. The van der Waals surface area contributed by atoms with E-state index in [0.717, 1.165) is 21.7 Å². The number of carbonyl (C=O) groups is 3. The van der Waals surface area contributed by atoms with Crippen LogP contribution in [-0.2, 0) is 20.9 Å². The van der Waals surface area contributed by atoms with Gasteiger partial charge in [-0.2, -0.15) is 0 Å². The highest BCUT2D eigenvalue weighted by molar-refractivity contribution is 14.1. The predicted octanol–water partition coefficient (Wildman–Crippen LogP) is 2.66. The minimum Gasteiger partial charge on any atom is -0.391 e. The average Bonchev–Trinajstić information content (AvgIpc) is 3.36. The van der Waals surface area contributed by atoms with E-state index in [9.17, 15) is 19.5 Å². The Labute approximate surface area is 217 Å². The summed E-state index contributed by atoms with van der Waals surface area (Å²) in [5, 5.41) is 16.2. The first-order chi connectivity index (χ1) is 16.0. The smallest absolute Gasteiger partial charge is 0.243 e. The van der Waals surface area contributed by atoms with Gasteiger partial charge < -0.3 is 15.3 Å². The Balaban J connectivity index is 1.66. The van der Waals surface area contributed by atoms with Crippen molar-refractivity contribution in [3.8, 4) is 10.4 Å². The Hall–Kier alpha value is -1.89. The van der Waals surface area contributed by atoms with Crippen LogP contribution in [0.4, 0.5) is 0 Å². The lowest BCUT2D eigenvalue weighted by molar-refractivity contribution is -0.142. The van der Waals surface area contributed by atoms with Gasteiger partial charge in [-0.1, -0.05) is 45.0 Å². The quantitative estimate of drug-likeness (QED) is 0.319. The molecule has 1 aromatic carbocycles. The second-order valence-corrected chi connectivity index (χ2v) is 11.7. The summed E-state index contributed by atoms with van der Waals surface area (Å²) in [6, 6.07) is 6.51. The van der Waals surface area contributed by atoms with Gasteiger partial charge in [-0.05, 0) is 23.5 Å². The zero-order chi connectivity index (χ0) is 25.0. The fraction of sp³-hybridized carbons (Fsp3) is 0.500. The van der Waals surface area contributed by atoms with Crippen LogP contribution in [0.25, 0.3) is 10.4 Å². The summed E-state index contributed by atoms with van der Waals surface area (Å²) in [5.74, 6) is -0.587. The number of carbonyl (C=O) groups excluding carboxylic acids is 3. The highest BCUT2D eigenvalue weighted by Crippen LogP contribution is 2.28. The molecule has 3 rings (SSSR count). The first-order valence-electron chi connectivity index (χ1n) is 11.1. The fourth-order valence-corrected chi connectivity index (χ4v) is 5.11. The highest BCUT2D eigenvalue weighted by atomic mass is 127. The maximum absolute atomic E-state index is 13.4. The van der Waals surface area contributed by atoms with E-state index in [4.69, 9.17) is 0 Å². The summed E-state index contributed by atoms with van der Waals surface area (Å²) in [5.41, 5.74) is 4.35. The first-order valence-corrected chi connectivity index (χ1v) is 13.1. The largest absolute Gasteiger partial charge is 0.391 e. The van der Waals surface area contributed by atoms with Gasteiger partial charge in [0.25, 0.3) is 0 Å². The number of aromatic nitrogens is 1. The van der Waals surface area contributed by atoms with Crippen molar-refractivity contribution in [2.75, 3.05) is 13.1 Å². The third-order valence-electron chi connectivity index (χ3n) is 5.85. The number of rotatable bonds is 8. The van der Waals surface area contributed by atoms with Crippen LogP contribution in [0.3, 0.4) is 0 Å². The molecule has 3 atom stereocenters. The number of hydrogen-bond donors (Lipinski definition) is 3. The van der Waals surface area contributed by atoms with E-state index in [1.807, 2.05) is 57.5 Å². The van der Waals surface area contributed by atoms with Gasteiger partial charge in [0.15, 0.2) is 0 Å². The summed E-state index contributed by atoms with van der Waals surface area (Å²) in [6.07, 6.45) is -0.586. The van der Waals surface area contributed by atoms with E-state index in [-0.39, 0.29) is 35.1 Å². The van der Waals surface area contributed by atoms with Crippen LogP contribution < -0.4 is 10.6 Å². The normalized spacial score (nSPS) is 19.2. The Morgan fingerprint density at radius 2 is 1.94 bits per heavy atom. The van der Waals surface area contributed by atoms with E-state index in [2.05, 4.69) is 15.6 Å². The molecule has 0 spiro atoms. The number of aliphatic hydroxyl groups excluding tert-OH is 1. The number of likely N-dealkylation sites (tertiary alicyclic amines) is 1. The van der Waals surface area contributed by atoms with Gasteiger partial charge in [0.2, 0.25) is 15.6 Å².